The summed E-state index contributed by atoms with van der Waals surface area (Å²) in [7, 11) is 0. The van der Waals surface area contributed by atoms with Crippen LogP contribution in [-0.4, -0.2) is 47.4 Å². The molecular weight excluding hydrogens is 803 g/mol. The molecule has 0 aliphatic rings. The Balaban J connectivity index is 3.50. The van der Waals surface area contributed by atoms with Gasteiger partial charge in [-0.15, -0.1) is 0 Å². The average Bonchev–Trinajstić information content (AvgIpc) is 3.31. The van der Waals surface area contributed by atoms with Gasteiger partial charge in [-0.05, 0) is 57.8 Å². The van der Waals surface area contributed by atoms with Gasteiger partial charge >= 0.3 is 5.97 Å². The van der Waals surface area contributed by atoms with Crippen molar-refractivity contribution in [2.24, 2.45) is 0 Å². The highest BCUT2D eigenvalue weighted by Gasteiger charge is 2.18. The van der Waals surface area contributed by atoms with Gasteiger partial charge in [-0.3, -0.25) is 9.59 Å². The lowest BCUT2D eigenvalue weighted by atomic mass is 10.0. The van der Waals surface area contributed by atoms with Crippen LogP contribution in [-0.2, 0) is 14.3 Å². The molecule has 0 spiro atoms. The zero-order chi connectivity index (χ0) is 47.2. The van der Waals surface area contributed by atoms with Gasteiger partial charge in [-0.25, -0.2) is 0 Å². The first kappa shape index (κ1) is 63.3. The smallest absolute Gasteiger partial charge is 0.305 e. The van der Waals surface area contributed by atoms with E-state index in [9.17, 15) is 19.8 Å². The normalized spacial score (nSPS) is 12.7. The van der Waals surface area contributed by atoms with Crippen molar-refractivity contribution in [1.82, 2.24) is 5.32 Å². The molecule has 6 nitrogen and oxygen atoms in total. The number of aliphatic hydroxyl groups is 2. The Morgan fingerprint density at radius 3 is 1.09 bits per heavy atom. The Kier molecular flexibility index (Phi) is 53.5. The second kappa shape index (κ2) is 54.9. The predicted molar refractivity (Wildman–Crippen MR) is 283 cm³/mol. The van der Waals surface area contributed by atoms with Gasteiger partial charge in [0.15, 0.2) is 0 Å². The number of carbonyl (C=O) groups excluding carboxylic acids is 2. The number of nitrogens with one attached hydrogen (secondary N) is 1. The minimum atomic E-state index is -0.858. The van der Waals surface area contributed by atoms with Crippen molar-refractivity contribution in [3.05, 3.63) is 24.3 Å². The SMILES string of the molecule is CCCCCCCCC/C=C\CCCCCCCC(=O)OCCCCCCCCCCCCCC(=O)NC(CO)C(O)/C=C/CCCCCCCCCCCCCCCCCCCCC. The van der Waals surface area contributed by atoms with Gasteiger partial charge in [-0.2, -0.15) is 0 Å². The van der Waals surface area contributed by atoms with E-state index >= 15 is 0 Å². The molecule has 0 aliphatic heterocycles. The Morgan fingerprint density at radius 2 is 0.723 bits per heavy atom. The molecule has 6 heteroatoms. The molecule has 65 heavy (non-hydrogen) atoms. The maximum Gasteiger partial charge on any atom is 0.305 e. The lowest BCUT2D eigenvalue weighted by Crippen LogP contribution is -2.45. The Morgan fingerprint density at radius 1 is 0.415 bits per heavy atom. The summed E-state index contributed by atoms with van der Waals surface area (Å²) in [6.07, 6.45) is 66.2. The van der Waals surface area contributed by atoms with Crippen LogP contribution < -0.4 is 5.32 Å². The minimum absolute atomic E-state index is 0.0222. The number of aliphatic hydroxyl groups excluding tert-OH is 2. The van der Waals surface area contributed by atoms with Gasteiger partial charge in [0.05, 0.1) is 25.4 Å². The molecule has 0 saturated heterocycles. The molecule has 0 bridgehead atoms. The van der Waals surface area contributed by atoms with Crippen molar-refractivity contribution in [3.63, 3.8) is 0 Å². The first-order chi connectivity index (χ1) is 32.0. The third kappa shape index (κ3) is 51.6. The number of allylic oxidation sites excluding steroid dienone is 3. The van der Waals surface area contributed by atoms with Gasteiger partial charge in [0.2, 0.25) is 5.91 Å². The third-order valence-electron chi connectivity index (χ3n) is 13.5. The maximum absolute atomic E-state index is 12.5. The third-order valence-corrected chi connectivity index (χ3v) is 13.5. The van der Waals surface area contributed by atoms with E-state index in [1.165, 1.54) is 231 Å². The molecule has 384 valence electrons. The van der Waals surface area contributed by atoms with Crippen LogP contribution in [0.25, 0.3) is 0 Å². The van der Waals surface area contributed by atoms with Crippen LogP contribution >= 0.6 is 0 Å². The summed E-state index contributed by atoms with van der Waals surface area (Å²) in [6.45, 7) is 4.87. The molecule has 2 atom stereocenters. The van der Waals surface area contributed by atoms with Crippen LogP contribution in [0.4, 0.5) is 0 Å². The highest BCUT2D eigenvalue weighted by Crippen LogP contribution is 2.17. The standard InChI is InChI=1S/C59H113NO5/c1-3-5-7-9-11-13-15-17-19-21-22-23-24-25-26-28-31-35-39-43-47-51-57(62)56(55-61)60-58(63)52-48-44-40-36-32-30-34-38-42-46-50-54-65-59(64)53-49-45-41-37-33-29-27-20-18-16-14-12-10-8-6-4-2/h20,27,47,51,56-57,61-62H,3-19,21-26,28-46,48-50,52-55H2,1-2H3,(H,60,63)/b27-20-,51-47+. The minimum Gasteiger partial charge on any atom is -0.466 e. The van der Waals surface area contributed by atoms with Gasteiger partial charge in [0.25, 0.3) is 0 Å². The van der Waals surface area contributed by atoms with E-state index in [-0.39, 0.29) is 18.5 Å². The van der Waals surface area contributed by atoms with Gasteiger partial charge in [0, 0.05) is 12.8 Å². The molecule has 0 heterocycles. The van der Waals surface area contributed by atoms with Crippen molar-refractivity contribution in [2.75, 3.05) is 13.2 Å². The maximum atomic E-state index is 12.5. The van der Waals surface area contributed by atoms with E-state index in [0.717, 1.165) is 57.8 Å². The van der Waals surface area contributed by atoms with Crippen molar-refractivity contribution >= 4 is 11.9 Å². The highest BCUT2D eigenvalue weighted by atomic mass is 16.5. The van der Waals surface area contributed by atoms with Crippen molar-refractivity contribution in [3.8, 4) is 0 Å². The van der Waals surface area contributed by atoms with E-state index in [0.29, 0.717) is 19.4 Å². The highest BCUT2D eigenvalue weighted by molar-refractivity contribution is 5.76. The second-order valence-corrected chi connectivity index (χ2v) is 20.0. The molecule has 0 aromatic carbocycles. The van der Waals surface area contributed by atoms with Crippen molar-refractivity contribution in [2.45, 2.75) is 328 Å². The molecule has 0 aromatic rings. The summed E-state index contributed by atoms with van der Waals surface area (Å²) in [4.78, 5) is 24.5. The summed E-state index contributed by atoms with van der Waals surface area (Å²) < 4.78 is 5.47. The number of carbonyl (C=O) groups is 2. The van der Waals surface area contributed by atoms with E-state index < -0.39 is 12.1 Å². The number of hydrogen-bond donors (Lipinski definition) is 3. The number of unbranched alkanes of at least 4 members (excludes halogenated alkanes) is 41. The van der Waals surface area contributed by atoms with Gasteiger partial charge < -0.3 is 20.3 Å². The molecule has 0 aliphatic carbocycles. The van der Waals surface area contributed by atoms with Crippen LogP contribution in [0.15, 0.2) is 24.3 Å². The van der Waals surface area contributed by atoms with Crippen LogP contribution in [0.2, 0.25) is 0 Å². The summed E-state index contributed by atoms with van der Waals surface area (Å²) in [5.41, 5.74) is 0. The molecular formula is C59H113NO5. The van der Waals surface area contributed by atoms with Crippen molar-refractivity contribution in [1.29, 1.82) is 0 Å². The first-order valence-electron chi connectivity index (χ1n) is 29.1. The number of hydrogen-bond acceptors (Lipinski definition) is 5. The number of ether oxygens (including phenoxy) is 1. The predicted octanol–water partition coefficient (Wildman–Crippen LogP) is 17.9. The van der Waals surface area contributed by atoms with Crippen LogP contribution in [0, 0.1) is 0 Å². The molecule has 0 aromatic heterocycles. The Labute approximate surface area is 405 Å². The molecule has 0 fully saturated rings. The van der Waals surface area contributed by atoms with Crippen LogP contribution in [0.5, 0.6) is 0 Å². The molecule has 0 radical (unpaired) electrons. The fourth-order valence-corrected chi connectivity index (χ4v) is 8.98. The molecule has 0 saturated carbocycles. The van der Waals surface area contributed by atoms with Gasteiger partial charge in [0.1, 0.15) is 0 Å². The van der Waals surface area contributed by atoms with E-state index in [4.69, 9.17) is 4.74 Å². The lowest BCUT2D eigenvalue weighted by Gasteiger charge is -2.20. The Hall–Kier alpha value is -1.66. The zero-order valence-corrected chi connectivity index (χ0v) is 43.7. The Bertz CT molecular complexity index is 1010. The topological polar surface area (TPSA) is 95.9 Å². The monoisotopic (exact) mass is 916 g/mol. The van der Waals surface area contributed by atoms with E-state index in [2.05, 4.69) is 31.3 Å². The van der Waals surface area contributed by atoms with E-state index in [1.807, 2.05) is 6.08 Å². The largest absolute Gasteiger partial charge is 0.466 e. The summed E-state index contributed by atoms with van der Waals surface area (Å²) in [5.74, 6) is -0.107. The fourth-order valence-electron chi connectivity index (χ4n) is 8.98. The summed E-state index contributed by atoms with van der Waals surface area (Å²) in [6, 6.07) is -0.643. The fraction of sp³-hybridized carbons (Fsp3) is 0.898. The lowest BCUT2D eigenvalue weighted by molar-refractivity contribution is -0.143. The first-order valence-corrected chi connectivity index (χ1v) is 29.1. The number of esters is 1. The average molecular weight is 917 g/mol. The molecule has 3 N–H and O–H groups in total. The second-order valence-electron chi connectivity index (χ2n) is 20.0. The molecule has 0 rings (SSSR count). The summed E-state index contributed by atoms with van der Waals surface area (Å²) >= 11 is 0. The summed E-state index contributed by atoms with van der Waals surface area (Å²) in [5, 5.41) is 23.2. The molecule has 1 amide bonds. The number of rotatable bonds is 54. The van der Waals surface area contributed by atoms with E-state index in [1.54, 1.807) is 6.08 Å². The quantitative estimate of drug-likeness (QED) is 0.0321. The number of amides is 1. The van der Waals surface area contributed by atoms with Gasteiger partial charge in [-0.1, -0.05) is 269 Å². The molecule has 2 unspecified atom stereocenters. The van der Waals surface area contributed by atoms with Crippen LogP contribution in [0.3, 0.4) is 0 Å². The zero-order valence-electron chi connectivity index (χ0n) is 43.7. The van der Waals surface area contributed by atoms with Crippen LogP contribution in [0.1, 0.15) is 316 Å². The van der Waals surface area contributed by atoms with Crippen molar-refractivity contribution < 1.29 is 24.5 Å².